The molecule has 2 aromatic carbocycles. The van der Waals surface area contributed by atoms with Gasteiger partial charge in [-0.3, -0.25) is 14.3 Å². The summed E-state index contributed by atoms with van der Waals surface area (Å²) in [5.74, 6) is -0.347. The summed E-state index contributed by atoms with van der Waals surface area (Å²) in [6.07, 6.45) is 1.92. The van der Waals surface area contributed by atoms with Crippen LogP contribution >= 0.6 is 22.9 Å². The number of fused-ring (bicyclic) bond motifs is 1. The van der Waals surface area contributed by atoms with Crippen LogP contribution in [0.1, 0.15) is 38.8 Å². The molecule has 9 heteroatoms. The maximum Gasteiger partial charge on any atom is 0.274 e. The Morgan fingerprint density at radius 1 is 1.15 bits per heavy atom. The molecule has 0 aliphatic heterocycles. The minimum absolute atomic E-state index is 0.102. The molecular weight excluding hydrogens is 470 g/mol. The summed E-state index contributed by atoms with van der Waals surface area (Å²) < 4.78 is 1.70. The molecule has 4 aromatic rings. The van der Waals surface area contributed by atoms with Crippen LogP contribution < -0.4 is 5.32 Å². The molecule has 34 heavy (non-hydrogen) atoms. The molecule has 0 saturated heterocycles. The standard InChI is InChI=1S/C25H24ClN5O2S/c1-15-28-22(23(34-15)16-7-9-17(26)10-8-16)25(33)31(18-11-12-18)14-13-27-24(32)21-19-5-3-4-6-20(19)30(2)29-21/h3-10,18H,11-14H2,1-2H3,(H,27,32). The first-order valence-corrected chi connectivity index (χ1v) is 12.4. The van der Waals surface area contributed by atoms with Crippen LogP contribution in [0.5, 0.6) is 0 Å². The van der Waals surface area contributed by atoms with Crippen LogP contribution in [0.15, 0.2) is 48.5 Å². The number of carbonyl (C=O) groups is 2. The molecule has 1 aliphatic carbocycles. The van der Waals surface area contributed by atoms with Crippen LogP contribution in [0.4, 0.5) is 0 Å². The van der Waals surface area contributed by atoms with Gasteiger partial charge in [-0.1, -0.05) is 41.9 Å². The summed E-state index contributed by atoms with van der Waals surface area (Å²) in [6.45, 7) is 2.65. The molecule has 5 rings (SSSR count). The Morgan fingerprint density at radius 3 is 2.62 bits per heavy atom. The van der Waals surface area contributed by atoms with E-state index in [1.807, 2.05) is 67.4 Å². The maximum absolute atomic E-state index is 13.5. The van der Waals surface area contributed by atoms with Crippen molar-refractivity contribution in [2.24, 2.45) is 7.05 Å². The van der Waals surface area contributed by atoms with Gasteiger partial charge in [-0.05, 0) is 43.5 Å². The number of benzene rings is 2. The Bertz CT molecular complexity index is 1370. The van der Waals surface area contributed by atoms with Crippen molar-refractivity contribution in [2.45, 2.75) is 25.8 Å². The lowest BCUT2D eigenvalue weighted by Gasteiger charge is -2.22. The molecule has 2 aromatic heterocycles. The Hall–Kier alpha value is -3.23. The predicted octanol–water partition coefficient (Wildman–Crippen LogP) is 4.69. The molecule has 0 radical (unpaired) electrons. The fourth-order valence-corrected chi connectivity index (χ4v) is 5.14. The Balaban J connectivity index is 1.31. The zero-order valence-corrected chi connectivity index (χ0v) is 20.5. The summed E-state index contributed by atoms with van der Waals surface area (Å²) in [7, 11) is 1.82. The van der Waals surface area contributed by atoms with E-state index in [2.05, 4.69) is 15.4 Å². The fourth-order valence-electron chi connectivity index (χ4n) is 4.10. The zero-order valence-electron chi connectivity index (χ0n) is 18.9. The number of amides is 2. The first-order chi connectivity index (χ1) is 16.4. The number of halogens is 1. The SMILES string of the molecule is Cc1nc(C(=O)N(CCNC(=O)c2nn(C)c3ccccc23)C2CC2)c(-c2ccc(Cl)cc2)s1. The average Bonchev–Trinajstić information content (AvgIpc) is 3.52. The summed E-state index contributed by atoms with van der Waals surface area (Å²) in [4.78, 5) is 33.6. The highest BCUT2D eigenvalue weighted by molar-refractivity contribution is 7.15. The summed E-state index contributed by atoms with van der Waals surface area (Å²) in [5.41, 5.74) is 2.67. The van der Waals surface area contributed by atoms with E-state index in [-0.39, 0.29) is 17.9 Å². The first kappa shape index (κ1) is 22.6. The molecule has 174 valence electrons. The molecule has 0 atom stereocenters. The predicted molar refractivity (Wildman–Crippen MR) is 134 cm³/mol. The molecule has 2 amide bonds. The van der Waals surface area contributed by atoms with E-state index in [9.17, 15) is 9.59 Å². The van der Waals surface area contributed by atoms with E-state index in [1.165, 1.54) is 11.3 Å². The lowest BCUT2D eigenvalue weighted by atomic mass is 10.1. The quantitative estimate of drug-likeness (QED) is 0.405. The summed E-state index contributed by atoms with van der Waals surface area (Å²) >= 11 is 7.54. The monoisotopic (exact) mass is 493 g/mol. The first-order valence-electron chi connectivity index (χ1n) is 11.2. The number of aromatic nitrogens is 3. The number of nitrogens with zero attached hydrogens (tertiary/aromatic N) is 4. The molecular formula is C25H24ClN5O2S. The van der Waals surface area contributed by atoms with E-state index < -0.39 is 0 Å². The lowest BCUT2D eigenvalue weighted by Crippen LogP contribution is -2.40. The molecule has 7 nitrogen and oxygen atoms in total. The van der Waals surface area contributed by atoms with Crippen LogP contribution in [0, 0.1) is 6.92 Å². The number of rotatable bonds is 7. The molecule has 1 fully saturated rings. The smallest absolute Gasteiger partial charge is 0.274 e. The van der Waals surface area contributed by atoms with Crippen molar-refractivity contribution in [2.75, 3.05) is 13.1 Å². The summed E-state index contributed by atoms with van der Waals surface area (Å²) in [5, 5.41) is 9.61. The molecule has 1 saturated carbocycles. The lowest BCUT2D eigenvalue weighted by molar-refractivity contribution is 0.0732. The second-order valence-corrected chi connectivity index (χ2v) is 10.0. The fraction of sp³-hybridized carbons (Fsp3) is 0.280. The van der Waals surface area contributed by atoms with Crippen molar-refractivity contribution in [1.82, 2.24) is 25.0 Å². The van der Waals surface area contributed by atoms with E-state index in [1.54, 1.807) is 4.68 Å². The van der Waals surface area contributed by atoms with Gasteiger partial charge >= 0.3 is 0 Å². The molecule has 2 heterocycles. The van der Waals surface area contributed by atoms with Gasteiger partial charge < -0.3 is 10.2 Å². The van der Waals surface area contributed by atoms with Crippen LogP contribution in [0.25, 0.3) is 21.3 Å². The van der Waals surface area contributed by atoms with E-state index in [4.69, 9.17) is 11.6 Å². The van der Waals surface area contributed by atoms with Crippen molar-refractivity contribution < 1.29 is 9.59 Å². The number of hydrogen-bond donors (Lipinski definition) is 1. The molecule has 0 unspecified atom stereocenters. The highest BCUT2D eigenvalue weighted by Gasteiger charge is 2.35. The maximum atomic E-state index is 13.5. The molecule has 0 spiro atoms. The van der Waals surface area contributed by atoms with Crippen molar-refractivity contribution in [3.8, 4) is 10.4 Å². The molecule has 1 aliphatic rings. The number of carbonyl (C=O) groups excluding carboxylic acids is 2. The highest BCUT2D eigenvalue weighted by atomic mass is 35.5. The van der Waals surface area contributed by atoms with Crippen LogP contribution in [-0.2, 0) is 7.05 Å². The van der Waals surface area contributed by atoms with Crippen molar-refractivity contribution in [1.29, 1.82) is 0 Å². The second-order valence-electron chi connectivity index (χ2n) is 8.39. The molecule has 0 bridgehead atoms. The van der Waals surface area contributed by atoms with Crippen LogP contribution in [0.3, 0.4) is 0 Å². The Kier molecular flexibility index (Phi) is 6.10. The third-order valence-electron chi connectivity index (χ3n) is 5.90. The van der Waals surface area contributed by atoms with E-state index in [0.717, 1.165) is 39.2 Å². The number of hydrogen-bond acceptors (Lipinski definition) is 5. The molecule has 1 N–H and O–H groups in total. The van der Waals surface area contributed by atoms with Gasteiger partial charge in [-0.2, -0.15) is 5.10 Å². The van der Waals surface area contributed by atoms with Gasteiger partial charge in [0.1, 0.15) is 5.69 Å². The number of para-hydroxylation sites is 1. The van der Waals surface area contributed by atoms with Gasteiger partial charge in [0.15, 0.2) is 5.69 Å². The number of thiazole rings is 1. The van der Waals surface area contributed by atoms with Gasteiger partial charge in [0.2, 0.25) is 0 Å². The van der Waals surface area contributed by atoms with Gasteiger partial charge in [0.05, 0.1) is 15.4 Å². The largest absolute Gasteiger partial charge is 0.349 e. The van der Waals surface area contributed by atoms with Gasteiger partial charge in [0, 0.05) is 36.6 Å². The van der Waals surface area contributed by atoms with Gasteiger partial charge in [0.25, 0.3) is 11.8 Å². The number of aryl methyl sites for hydroxylation is 2. The van der Waals surface area contributed by atoms with E-state index >= 15 is 0 Å². The third kappa shape index (κ3) is 4.43. The highest BCUT2D eigenvalue weighted by Crippen LogP contribution is 2.34. The van der Waals surface area contributed by atoms with Crippen molar-refractivity contribution in [3.63, 3.8) is 0 Å². The second kappa shape index (κ2) is 9.19. The minimum atomic E-state index is -0.244. The summed E-state index contributed by atoms with van der Waals surface area (Å²) in [6, 6.07) is 15.3. The number of nitrogens with one attached hydrogen (secondary N) is 1. The topological polar surface area (TPSA) is 80.1 Å². The van der Waals surface area contributed by atoms with Crippen molar-refractivity contribution in [3.05, 3.63) is 69.9 Å². The van der Waals surface area contributed by atoms with Gasteiger partial charge in [-0.15, -0.1) is 11.3 Å². The third-order valence-corrected chi connectivity index (χ3v) is 7.17. The normalized spacial score (nSPS) is 13.3. The average molecular weight is 494 g/mol. The van der Waals surface area contributed by atoms with Crippen LogP contribution in [0.2, 0.25) is 5.02 Å². The van der Waals surface area contributed by atoms with Crippen molar-refractivity contribution >= 4 is 45.7 Å². The Morgan fingerprint density at radius 2 is 1.88 bits per heavy atom. The Labute approximate surface area is 206 Å². The minimum Gasteiger partial charge on any atom is -0.349 e. The van der Waals surface area contributed by atoms with Crippen LogP contribution in [-0.4, -0.2) is 50.6 Å². The van der Waals surface area contributed by atoms with Gasteiger partial charge in [-0.25, -0.2) is 4.98 Å². The zero-order chi connectivity index (χ0) is 23.8. The van der Waals surface area contributed by atoms with E-state index in [0.29, 0.717) is 29.5 Å².